The van der Waals surface area contributed by atoms with E-state index < -0.39 is 11.9 Å². The maximum atomic E-state index is 13.2. The van der Waals surface area contributed by atoms with E-state index in [9.17, 15) is 14.4 Å². The Morgan fingerprint density at radius 1 is 0.972 bits per heavy atom. The number of allylic oxidation sites excluding steroid dienone is 4. The molecule has 2 aromatic rings. The summed E-state index contributed by atoms with van der Waals surface area (Å²) in [6.45, 7) is 3.05. The Bertz CT molecular complexity index is 1260. The van der Waals surface area contributed by atoms with Gasteiger partial charge in [-0.05, 0) is 68.0 Å². The zero-order valence-electron chi connectivity index (χ0n) is 20.2. The molecule has 0 amide bonds. The molecule has 6 nitrogen and oxygen atoms in total. The molecule has 36 heavy (non-hydrogen) atoms. The molecule has 0 spiro atoms. The third-order valence-corrected chi connectivity index (χ3v) is 7.58. The fourth-order valence-electron chi connectivity index (χ4n) is 5.65. The first-order valence-corrected chi connectivity index (χ1v) is 12.8. The molecule has 0 atom stereocenters. The Hall–Kier alpha value is -3.38. The van der Waals surface area contributed by atoms with E-state index in [2.05, 4.69) is 11.8 Å². The number of nitrogens with zero attached hydrogens (tertiary/aromatic N) is 1. The molecule has 0 fully saturated rings. The van der Waals surface area contributed by atoms with Crippen LogP contribution in [0.15, 0.2) is 65.0 Å². The van der Waals surface area contributed by atoms with Crippen molar-refractivity contribution in [2.75, 3.05) is 6.54 Å². The first-order chi connectivity index (χ1) is 17.4. The normalized spacial score (nSPS) is 18.3. The molecule has 7 heteroatoms. The van der Waals surface area contributed by atoms with Gasteiger partial charge in [0, 0.05) is 47.8 Å². The summed E-state index contributed by atoms with van der Waals surface area (Å²) in [4.78, 5) is 39.7. The van der Waals surface area contributed by atoms with Crippen LogP contribution in [-0.2, 0) is 16.2 Å². The van der Waals surface area contributed by atoms with Gasteiger partial charge in [-0.15, -0.1) is 0 Å². The first-order valence-electron chi connectivity index (χ1n) is 12.4. The van der Waals surface area contributed by atoms with Gasteiger partial charge in [-0.1, -0.05) is 29.8 Å². The number of rotatable bonds is 6. The second-order valence-corrected chi connectivity index (χ2v) is 9.84. The Morgan fingerprint density at radius 3 is 2.11 bits per heavy atom. The number of carbonyl (C=O) groups excluding carboxylic acids is 2. The van der Waals surface area contributed by atoms with Crippen LogP contribution in [0.2, 0.25) is 5.02 Å². The Kier molecular flexibility index (Phi) is 6.71. The summed E-state index contributed by atoms with van der Waals surface area (Å²) < 4.78 is 5.91. The van der Waals surface area contributed by atoms with E-state index in [1.807, 2.05) is 12.1 Å². The summed E-state index contributed by atoms with van der Waals surface area (Å²) in [5.41, 5.74) is 5.49. The standard InChI is InChI=1S/C29H28ClNO5/c1-2-31-21-5-3-7-23(32)27(21)26(28-22(31)6-4-8-24(28)33)19-13-14-25(20(30)15-19)36-16-17-9-11-18(12-10-17)29(34)35/h9-15,26H,2-8,16H2,1H3,(H,34,35). The van der Waals surface area contributed by atoms with Crippen molar-refractivity contribution >= 4 is 29.1 Å². The molecule has 0 saturated heterocycles. The van der Waals surface area contributed by atoms with Crippen molar-refractivity contribution in [3.8, 4) is 5.75 Å². The highest BCUT2D eigenvalue weighted by Gasteiger charge is 2.42. The van der Waals surface area contributed by atoms with Gasteiger partial charge >= 0.3 is 5.97 Å². The molecule has 0 radical (unpaired) electrons. The zero-order chi connectivity index (χ0) is 25.4. The third kappa shape index (κ3) is 4.35. The second kappa shape index (κ2) is 9.94. The molecular weight excluding hydrogens is 478 g/mol. The van der Waals surface area contributed by atoms with Crippen LogP contribution in [0.5, 0.6) is 5.75 Å². The Labute approximate surface area is 215 Å². The van der Waals surface area contributed by atoms with Crippen LogP contribution in [0, 0.1) is 0 Å². The summed E-state index contributed by atoms with van der Waals surface area (Å²) in [5, 5.41) is 9.47. The van der Waals surface area contributed by atoms with Crippen molar-refractivity contribution in [2.24, 2.45) is 0 Å². The predicted octanol–water partition coefficient (Wildman–Crippen LogP) is 6.05. The third-order valence-electron chi connectivity index (χ3n) is 7.29. The van der Waals surface area contributed by atoms with Gasteiger partial charge in [0.25, 0.3) is 0 Å². The summed E-state index contributed by atoms with van der Waals surface area (Å²) in [5.74, 6) is -0.650. The van der Waals surface area contributed by atoms with Crippen molar-refractivity contribution in [1.82, 2.24) is 4.90 Å². The average Bonchev–Trinajstić information content (AvgIpc) is 2.87. The molecule has 1 heterocycles. The van der Waals surface area contributed by atoms with Crippen LogP contribution in [-0.4, -0.2) is 34.1 Å². The van der Waals surface area contributed by atoms with Crippen LogP contribution in [0.1, 0.15) is 72.9 Å². The molecule has 2 aliphatic carbocycles. The van der Waals surface area contributed by atoms with Crippen LogP contribution >= 0.6 is 11.6 Å². The van der Waals surface area contributed by atoms with Crippen molar-refractivity contribution in [1.29, 1.82) is 0 Å². The number of aromatic carboxylic acids is 1. The van der Waals surface area contributed by atoms with Gasteiger partial charge in [0.05, 0.1) is 10.6 Å². The van der Waals surface area contributed by atoms with Crippen LogP contribution < -0.4 is 4.74 Å². The molecule has 1 aliphatic heterocycles. The molecule has 0 saturated carbocycles. The number of benzene rings is 2. The minimum absolute atomic E-state index is 0.117. The van der Waals surface area contributed by atoms with Gasteiger partial charge in [-0.2, -0.15) is 0 Å². The topological polar surface area (TPSA) is 83.9 Å². The van der Waals surface area contributed by atoms with E-state index >= 15 is 0 Å². The molecule has 3 aliphatic rings. The van der Waals surface area contributed by atoms with Gasteiger partial charge in [0.2, 0.25) is 0 Å². The van der Waals surface area contributed by atoms with Gasteiger partial charge < -0.3 is 14.7 Å². The van der Waals surface area contributed by atoms with Gasteiger partial charge in [-0.3, -0.25) is 9.59 Å². The van der Waals surface area contributed by atoms with Crippen molar-refractivity contribution in [3.63, 3.8) is 0 Å². The van der Waals surface area contributed by atoms with E-state index in [1.54, 1.807) is 18.2 Å². The number of hydrogen-bond acceptors (Lipinski definition) is 5. The number of halogens is 1. The molecule has 2 aromatic carbocycles. The molecule has 0 bridgehead atoms. The molecule has 1 N–H and O–H groups in total. The smallest absolute Gasteiger partial charge is 0.335 e. The number of hydrogen-bond donors (Lipinski definition) is 1. The summed E-state index contributed by atoms with van der Waals surface area (Å²) in [6.07, 6.45) is 4.34. The van der Waals surface area contributed by atoms with Crippen molar-refractivity contribution in [2.45, 2.75) is 58.0 Å². The number of carboxylic acids is 1. The van der Waals surface area contributed by atoms with Crippen LogP contribution in [0.4, 0.5) is 0 Å². The van der Waals surface area contributed by atoms with E-state index in [0.717, 1.165) is 65.9 Å². The minimum Gasteiger partial charge on any atom is -0.487 e. The SMILES string of the molecule is CCN1C2=C(C(=O)CCC2)C(c2ccc(OCc3ccc(C(=O)O)cc3)c(Cl)c2)C2=C1CCCC2=O. The molecule has 0 aromatic heterocycles. The van der Waals surface area contributed by atoms with Crippen LogP contribution in [0.3, 0.4) is 0 Å². The van der Waals surface area contributed by atoms with Gasteiger partial charge in [-0.25, -0.2) is 4.79 Å². The largest absolute Gasteiger partial charge is 0.487 e. The van der Waals surface area contributed by atoms with E-state index in [4.69, 9.17) is 21.4 Å². The quantitative estimate of drug-likeness (QED) is 0.514. The highest BCUT2D eigenvalue weighted by atomic mass is 35.5. The Morgan fingerprint density at radius 2 is 1.58 bits per heavy atom. The predicted molar refractivity (Wildman–Crippen MR) is 136 cm³/mol. The lowest BCUT2D eigenvalue weighted by Gasteiger charge is -2.43. The van der Waals surface area contributed by atoms with E-state index in [-0.39, 0.29) is 23.7 Å². The number of carbonyl (C=O) groups is 3. The van der Waals surface area contributed by atoms with Gasteiger partial charge in [0.1, 0.15) is 12.4 Å². The highest BCUT2D eigenvalue weighted by Crippen LogP contribution is 2.49. The number of ketones is 2. The number of ether oxygens (including phenoxy) is 1. The van der Waals surface area contributed by atoms with E-state index in [0.29, 0.717) is 23.6 Å². The first kappa shape index (κ1) is 24.3. The van der Waals surface area contributed by atoms with E-state index in [1.165, 1.54) is 12.1 Å². The Balaban J connectivity index is 1.47. The monoisotopic (exact) mass is 505 g/mol. The molecule has 0 unspecified atom stereocenters. The summed E-state index contributed by atoms with van der Waals surface area (Å²) in [7, 11) is 0. The fourth-order valence-corrected chi connectivity index (χ4v) is 5.89. The van der Waals surface area contributed by atoms with Gasteiger partial charge in [0.15, 0.2) is 11.6 Å². The molecule has 5 rings (SSSR count). The average molecular weight is 506 g/mol. The number of carboxylic acid groups (broad SMARTS) is 1. The lowest BCUT2D eigenvalue weighted by molar-refractivity contribution is -0.117. The maximum absolute atomic E-state index is 13.2. The summed E-state index contributed by atoms with van der Waals surface area (Å²) in [6, 6.07) is 12.0. The molecule has 186 valence electrons. The summed E-state index contributed by atoms with van der Waals surface area (Å²) >= 11 is 6.65. The lowest BCUT2D eigenvalue weighted by atomic mass is 9.71. The maximum Gasteiger partial charge on any atom is 0.335 e. The lowest BCUT2D eigenvalue weighted by Crippen LogP contribution is -2.39. The molecular formula is C29H28ClNO5. The van der Waals surface area contributed by atoms with Crippen molar-refractivity contribution in [3.05, 3.63) is 86.7 Å². The highest BCUT2D eigenvalue weighted by molar-refractivity contribution is 6.32. The minimum atomic E-state index is -0.977. The fraction of sp³-hybridized carbons (Fsp3) is 0.345. The zero-order valence-corrected chi connectivity index (χ0v) is 20.9. The van der Waals surface area contributed by atoms with Crippen molar-refractivity contribution < 1.29 is 24.2 Å². The second-order valence-electron chi connectivity index (χ2n) is 9.43. The van der Waals surface area contributed by atoms with Crippen LogP contribution in [0.25, 0.3) is 0 Å². The number of Topliss-reactive ketones (excluding diaryl/α,β-unsaturated/α-hetero) is 2.